The molecule has 0 bridgehead atoms. The van der Waals surface area contributed by atoms with Crippen LogP contribution in [0.1, 0.15) is 19.3 Å². The van der Waals surface area contributed by atoms with Crippen molar-refractivity contribution in [1.82, 2.24) is 24.9 Å². The smallest absolute Gasteiger partial charge is 0.225 e. The van der Waals surface area contributed by atoms with Crippen molar-refractivity contribution < 1.29 is 4.79 Å². The van der Waals surface area contributed by atoms with Crippen LogP contribution in [-0.2, 0) is 11.3 Å². The van der Waals surface area contributed by atoms with E-state index in [2.05, 4.69) is 68.7 Å². The summed E-state index contributed by atoms with van der Waals surface area (Å²) in [5.74, 6) is 1.10. The number of rotatable bonds is 5. The highest BCUT2D eigenvalue weighted by atomic mass is 16.2. The highest BCUT2D eigenvalue weighted by Crippen LogP contribution is 2.33. The second-order valence-electron chi connectivity index (χ2n) is 8.87. The van der Waals surface area contributed by atoms with Crippen LogP contribution in [0.2, 0.25) is 0 Å². The molecular formula is C25H25N5O. The summed E-state index contributed by atoms with van der Waals surface area (Å²) < 4.78 is 2.00. The van der Waals surface area contributed by atoms with E-state index in [1.807, 2.05) is 17.1 Å². The number of hydrogen-bond acceptors (Lipinski definition) is 3. The first-order valence-electron chi connectivity index (χ1n) is 11.1. The highest BCUT2D eigenvalue weighted by Gasteiger charge is 2.36. The Morgan fingerprint density at radius 1 is 1.00 bits per heavy atom. The number of aromatic nitrogens is 4. The standard InChI is InChI=1S/C25H25N5O/c31-25(20-5-6-20)29-12-10-17(15-29)16-30-24(14-27-28-30)19-3-1-18(2-4-19)21-7-8-23-22(13-21)9-11-26-23/h1-4,7-9,11,13-14,17,20,26H,5-6,10,12,15-16H2/t17-/m1/s1. The van der Waals surface area contributed by atoms with E-state index in [1.54, 1.807) is 0 Å². The summed E-state index contributed by atoms with van der Waals surface area (Å²) in [6.07, 6.45) is 6.99. The minimum atomic E-state index is 0.303. The number of fused-ring (bicyclic) bond motifs is 1. The van der Waals surface area contributed by atoms with E-state index in [0.717, 1.165) is 55.7 Å². The average molecular weight is 412 g/mol. The summed E-state index contributed by atoms with van der Waals surface area (Å²) in [5.41, 5.74) is 5.69. The molecule has 2 aliphatic rings. The number of nitrogens with zero attached hydrogens (tertiary/aromatic N) is 4. The van der Waals surface area contributed by atoms with Gasteiger partial charge in [0.2, 0.25) is 5.91 Å². The largest absolute Gasteiger partial charge is 0.361 e. The molecule has 0 radical (unpaired) electrons. The molecule has 6 heteroatoms. The van der Waals surface area contributed by atoms with E-state index in [0.29, 0.717) is 17.7 Å². The van der Waals surface area contributed by atoms with Crippen LogP contribution in [0, 0.1) is 11.8 Å². The van der Waals surface area contributed by atoms with Crippen molar-refractivity contribution in [3.8, 4) is 22.4 Å². The van der Waals surface area contributed by atoms with Gasteiger partial charge in [0, 0.05) is 42.8 Å². The fourth-order valence-corrected chi connectivity index (χ4v) is 4.70. The Bertz CT molecular complexity index is 1230. The molecule has 1 amide bonds. The maximum Gasteiger partial charge on any atom is 0.225 e. The van der Waals surface area contributed by atoms with Crippen molar-refractivity contribution in [3.63, 3.8) is 0 Å². The maximum absolute atomic E-state index is 12.3. The fraction of sp³-hybridized carbons (Fsp3) is 0.320. The van der Waals surface area contributed by atoms with Gasteiger partial charge in [0.25, 0.3) is 0 Å². The normalized spacial score (nSPS) is 18.7. The molecule has 2 fully saturated rings. The zero-order chi connectivity index (χ0) is 20.8. The van der Waals surface area contributed by atoms with Crippen molar-refractivity contribution in [2.75, 3.05) is 13.1 Å². The van der Waals surface area contributed by atoms with Gasteiger partial charge in [-0.3, -0.25) is 4.79 Å². The molecule has 156 valence electrons. The first kappa shape index (κ1) is 18.4. The van der Waals surface area contributed by atoms with Crippen LogP contribution in [-0.4, -0.2) is 43.9 Å². The number of carbonyl (C=O) groups excluding carboxylic acids is 1. The Morgan fingerprint density at radius 2 is 1.81 bits per heavy atom. The van der Waals surface area contributed by atoms with E-state index < -0.39 is 0 Å². The van der Waals surface area contributed by atoms with E-state index >= 15 is 0 Å². The molecule has 1 aliphatic carbocycles. The van der Waals surface area contributed by atoms with E-state index in [4.69, 9.17) is 0 Å². The van der Waals surface area contributed by atoms with Crippen molar-refractivity contribution in [1.29, 1.82) is 0 Å². The highest BCUT2D eigenvalue weighted by molar-refractivity contribution is 5.85. The lowest BCUT2D eigenvalue weighted by atomic mass is 10.0. The van der Waals surface area contributed by atoms with E-state index in [-0.39, 0.29) is 0 Å². The van der Waals surface area contributed by atoms with Crippen LogP contribution in [0.4, 0.5) is 0 Å². The van der Waals surface area contributed by atoms with Crippen molar-refractivity contribution >= 4 is 16.8 Å². The van der Waals surface area contributed by atoms with E-state index in [9.17, 15) is 4.79 Å². The van der Waals surface area contributed by atoms with Crippen LogP contribution < -0.4 is 0 Å². The van der Waals surface area contributed by atoms with Gasteiger partial charge in [-0.05, 0) is 59.9 Å². The quantitative estimate of drug-likeness (QED) is 0.531. The van der Waals surface area contributed by atoms with Crippen LogP contribution in [0.3, 0.4) is 0 Å². The van der Waals surface area contributed by atoms with Gasteiger partial charge in [-0.25, -0.2) is 4.68 Å². The van der Waals surface area contributed by atoms with Crippen LogP contribution >= 0.6 is 0 Å². The summed E-state index contributed by atoms with van der Waals surface area (Å²) in [4.78, 5) is 17.6. The third-order valence-corrected chi connectivity index (χ3v) is 6.64. The number of amides is 1. The molecule has 31 heavy (non-hydrogen) atoms. The second-order valence-corrected chi connectivity index (χ2v) is 8.87. The van der Waals surface area contributed by atoms with Crippen LogP contribution in [0.15, 0.2) is 60.9 Å². The Morgan fingerprint density at radius 3 is 2.65 bits per heavy atom. The Hall–Kier alpha value is -3.41. The predicted octanol–water partition coefficient (Wildman–Crippen LogP) is 4.35. The number of H-pyrrole nitrogens is 1. The van der Waals surface area contributed by atoms with Crippen molar-refractivity contribution in [2.24, 2.45) is 11.8 Å². The summed E-state index contributed by atoms with van der Waals surface area (Å²) in [5, 5.41) is 9.73. The molecule has 1 N–H and O–H groups in total. The van der Waals surface area contributed by atoms with Gasteiger partial charge in [0.15, 0.2) is 0 Å². The molecule has 1 saturated heterocycles. The minimum Gasteiger partial charge on any atom is -0.361 e. The molecule has 3 heterocycles. The Balaban J connectivity index is 1.18. The third kappa shape index (κ3) is 3.52. The van der Waals surface area contributed by atoms with Crippen molar-refractivity contribution in [3.05, 3.63) is 60.9 Å². The van der Waals surface area contributed by atoms with Crippen LogP contribution in [0.5, 0.6) is 0 Å². The van der Waals surface area contributed by atoms with Gasteiger partial charge in [-0.1, -0.05) is 35.5 Å². The van der Waals surface area contributed by atoms with Gasteiger partial charge >= 0.3 is 0 Å². The molecule has 2 aromatic carbocycles. The summed E-state index contributed by atoms with van der Waals surface area (Å²) in [7, 11) is 0. The van der Waals surface area contributed by atoms with Crippen LogP contribution in [0.25, 0.3) is 33.3 Å². The minimum absolute atomic E-state index is 0.303. The van der Waals surface area contributed by atoms with Gasteiger partial charge in [0.05, 0.1) is 11.9 Å². The summed E-state index contributed by atoms with van der Waals surface area (Å²) in [6.45, 7) is 2.52. The average Bonchev–Trinajstić information content (AvgIpc) is 3.17. The molecule has 0 spiro atoms. The summed E-state index contributed by atoms with van der Waals surface area (Å²) >= 11 is 0. The number of aromatic amines is 1. The lowest BCUT2D eigenvalue weighted by molar-refractivity contribution is -0.131. The Kier molecular flexibility index (Phi) is 4.37. The van der Waals surface area contributed by atoms with Gasteiger partial charge in [-0.15, -0.1) is 5.10 Å². The number of nitrogens with one attached hydrogen (secondary N) is 1. The lowest BCUT2D eigenvalue weighted by Gasteiger charge is -2.16. The Labute approximate surface area is 180 Å². The van der Waals surface area contributed by atoms with Gasteiger partial charge < -0.3 is 9.88 Å². The van der Waals surface area contributed by atoms with Gasteiger partial charge in [-0.2, -0.15) is 0 Å². The molecule has 2 aromatic heterocycles. The molecule has 0 unspecified atom stereocenters. The number of carbonyl (C=O) groups is 1. The number of hydrogen-bond donors (Lipinski definition) is 1. The zero-order valence-corrected chi connectivity index (χ0v) is 17.4. The SMILES string of the molecule is O=C(C1CC1)N1CC[C@@H](Cn2nncc2-c2ccc(-c3ccc4[nH]ccc4c3)cc2)C1. The molecule has 6 rings (SSSR count). The van der Waals surface area contributed by atoms with E-state index in [1.165, 1.54) is 16.5 Å². The molecule has 1 atom stereocenters. The summed E-state index contributed by atoms with van der Waals surface area (Å²) in [6, 6.07) is 17.2. The molecular weight excluding hydrogens is 386 g/mol. The molecule has 4 aromatic rings. The zero-order valence-electron chi connectivity index (χ0n) is 17.4. The first-order valence-corrected chi connectivity index (χ1v) is 11.1. The number of benzene rings is 2. The monoisotopic (exact) mass is 411 g/mol. The maximum atomic E-state index is 12.3. The van der Waals surface area contributed by atoms with Gasteiger partial charge in [0.1, 0.15) is 0 Å². The van der Waals surface area contributed by atoms with Crippen molar-refractivity contribution in [2.45, 2.75) is 25.8 Å². The topological polar surface area (TPSA) is 66.8 Å². The third-order valence-electron chi connectivity index (χ3n) is 6.64. The molecule has 1 saturated carbocycles. The number of likely N-dealkylation sites (tertiary alicyclic amines) is 1. The molecule has 1 aliphatic heterocycles. The second kappa shape index (κ2) is 7.38. The first-order chi connectivity index (χ1) is 15.2. The lowest BCUT2D eigenvalue weighted by Crippen LogP contribution is -2.30. The predicted molar refractivity (Wildman–Crippen MR) is 120 cm³/mol. The molecule has 6 nitrogen and oxygen atoms in total. The fourth-order valence-electron chi connectivity index (χ4n) is 4.70.